The molecule has 0 spiro atoms. The normalized spacial score (nSPS) is 35.1. The van der Waals surface area contributed by atoms with Crippen molar-refractivity contribution in [1.82, 2.24) is 4.90 Å². The van der Waals surface area contributed by atoms with E-state index in [1.54, 1.807) is 0 Å². The Balaban J connectivity index is 0.000000379. The van der Waals surface area contributed by atoms with Crippen LogP contribution >= 0.6 is 0 Å². The van der Waals surface area contributed by atoms with Crippen molar-refractivity contribution in [1.29, 1.82) is 0 Å². The molecule has 2 fully saturated rings. The van der Waals surface area contributed by atoms with Crippen LogP contribution in [-0.2, 0) is 0 Å². The zero-order chi connectivity index (χ0) is 11.2. The first kappa shape index (κ1) is 13.9. The molecule has 0 radical (unpaired) electrons. The Hall–Kier alpha value is -0.110. The van der Waals surface area contributed by atoms with Crippen LogP contribution < -0.4 is 0 Å². The lowest BCUT2D eigenvalue weighted by Crippen LogP contribution is -2.34. The maximum atomic E-state index is 12.8. The van der Waals surface area contributed by atoms with E-state index in [-0.39, 0.29) is 5.54 Å². The fraction of sp³-hybridized carbons (Fsp3) is 1.00. The highest BCUT2D eigenvalue weighted by atomic mass is 19.1. The summed E-state index contributed by atoms with van der Waals surface area (Å²) in [7, 11) is 0. The monoisotopic (exact) mass is 203 g/mol. The summed E-state index contributed by atoms with van der Waals surface area (Å²) in [4.78, 5) is 2.30. The maximum absolute atomic E-state index is 12.8. The third-order valence-corrected chi connectivity index (χ3v) is 2.99. The predicted molar refractivity (Wildman–Crippen MR) is 61.4 cm³/mol. The van der Waals surface area contributed by atoms with E-state index in [1.165, 1.54) is 12.8 Å². The lowest BCUT2D eigenvalue weighted by molar-refractivity contribution is 0.217. The van der Waals surface area contributed by atoms with Gasteiger partial charge in [-0.25, -0.2) is 4.39 Å². The van der Waals surface area contributed by atoms with Gasteiger partial charge in [0.1, 0.15) is 6.17 Å². The molecule has 1 nitrogen and oxygen atoms in total. The molecule has 0 saturated carbocycles. The first-order valence-electron chi connectivity index (χ1n) is 6.10. The SMILES string of the molecule is CC.CC.C[C@]12CCCN1C[C@H](F)C2. The number of hydrogen-bond donors (Lipinski definition) is 0. The van der Waals surface area contributed by atoms with Gasteiger partial charge in [0.15, 0.2) is 0 Å². The molecule has 0 bridgehead atoms. The number of hydrogen-bond acceptors (Lipinski definition) is 1. The molecule has 0 aromatic rings. The second-order valence-corrected chi connectivity index (χ2v) is 3.85. The summed E-state index contributed by atoms with van der Waals surface area (Å²) in [6.45, 7) is 12.0. The number of nitrogens with zero attached hydrogens (tertiary/aromatic N) is 1. The fourth-order valence-electron chi connectivity index (χ4n) is 2.40. The fourth-order valence-corrected chi connectivity index (χ4v) is 2.40. The second kappa shape index (κ2) is 6.39. The first-order valence-corrected chi connectivity index (χ1v) is 6.10. The minimum absolute atomic E-state index is 0.236. The molecule has 0 N–H and O–H groups in total. The minimum atomic E-state index is -0.551. The van der Waals surface area contributed by atoms with Crippen LogP contribution in [0.25, 0.3) is 0 Å². The zero-order valence-electron chi connectivity index (χ0n) is 10.4. The van der Waals surface area contributed by atoms with Gasteiger partial charge in [0.05, 0.1) is 0 Å². The van der Waals surface area contributed by atoms with Gasteiger partial charge in [0.25, 0.3) is 0 Å². The van der Waals surface area contributed by atoms with Crippen LogP contribution in [0.3, 0.4) is 0 Å². The molecule has 0 aromatic heterocycles. The van der Waals surface area contributed by atoms with Gasteiger partial charge in [-0.05, 0) is 32.7 Å². The highest BCUT2D eigenvalue weighted by Crippen LogP contribution is 2.39. The summed E-state index contributed by atoms with van der Waals surface area (Å²) < 4.78 is 12.8. The molecule has 2 atom stereocenters. The van der Waals surface area contributed by atoms with Gasteiger partial charge >= 0.3 is 0 Å². The molecule has 0 aromatic carbocycles. The van der Waals surface area contributed by atoms with Gasteiger partial charge in [-0.15, -0.1) is 0 Å². The molecule has 2 rings (SSSR count). The number of halogens is 1. The van der Waals surface area contributed by atoms with E-state index in [0.29, 0.717) is 6.54 Å². The average molecular weight is 203 g/mol. The minimum Gasteiger partial charge on any atom is -0.295 e. The lowest BCUT2D eigenvalue weighted by atomic mass is 9.97. The summed E-state index contributed by atoms with van der Waals surface area (Å²) >= 11 is 0. The molecule has 0 unspecified atom stereocenters. The highest BCUT2D eigenvalue weighted by Gasteiger charge is 2.44. The van der Waals surface area contributed by atoms with Crippen molar-refractivity contribution >= 4 is 0 Å². The van der Waals surface area contributed by atoms with Crippen molar-refractivity contribution < 1.29 is 4.39 Å². The van der Waals surface area contributed by atoms with Gasteiger partial charge in [-0.2, -0.15) is 0 Å². The van der Waals surface area contributed by atoms with E-state index in [4.69, 9.17) is 0 Å². The summed E-state index contributed by atoms with van der Waals surface area (Å²) in [5.41, 5.74) is 0.236. The molecular weight excluding hydrogens is 177 g/mol. The van der Waals surface area contributed by atoms with E-state index < -0.39 is 6.17 Å². The quantitative estimate of drug-likeness (QED) is 0.581. The Kier molecular flexibility index (Phi) is 6.34. The van der Waals surface area contributed by atoms with Crippen LogP contribution in [0, 0.1) is 0 Å². The molecule has 0 aliphatic carbocycles. The third kappa shape index (κ3) is 2.94. The zero-order valence-corrected chi connectivity index (χ0v) is 10.4. The van der Waals surface area contributed by atoms with Gasteiger partial charge in [-0.3, -0.25) is 4.90 Å². The van der Waals surface area contributed by atoms with Crippen LogP contribution in [-0.4, -0.2) is 29.7 Å². The van der Waals surface area contributed by atoms with Crippen molar-refractivity contribution in [2.24, 2.45) is 0 Å². The summed E-state index contributed by atoms with van der Waals surface area (Å²) in [5.74, 6) is 0. The number of alkyl halides is 1. The smallest absolute Gasteiger partial charge is 0.115 e. The Morgan fingerprint density at radius 3 is 2.29 bits per heavy atom. The average Bonchev–Trinajstić information content (AvgIpc) is 2.65. The van der Waals surface area contributed by atoms with Crippen LogP contribution in [0.5, 0.6) is 0 Å². The van der Waals surface area contributed by atoms with Gasteiger partial charge in [0, 0.05) is 12.1 Å². The summed E-state index contributed by atoms with van der Waals surface area (Å²) in [6, 6.07) is 0. The molecule has 2 aliphatic heterocycles. The number of rotatable bonds is 0. The summed E-state index contributed by atoms with van der Waals surface area (Å²) in [5, 5.41) is 0. The summed E-state index contributed by atoms with van der Waals surface area (Å²) in [6.07, 6.45) is 2.69. The molecule has 14 heavy (non-hydrogen) atoms. The maximum Gasteiger partial charge on any atom is 0.115 e. The Labute approximate surface area is 88.7 Å². The Morgan fingerprint density at radius 1 is 1.21 bits per heavy atom. The Bertz CT molecular complexity index is 149. The standard InChI is InChI=1S/C8H14FN.2C2H6/c1-8-3-2-4-10(8)6-7(9)5-8;2*1-2/h7H,2-6H2,1H3;2*1-2H3/t7-,8-;;/m1../s1. The van der Waals surface area contributed by atoms with Crippen molar-refractivity contribution in [2.45, 2.75) is 65.6 Å². The molecular formula is C12H26FN. The lowest BCUT2D eigenvalue weighted by Gasteiger charge is -2.25. The van der Waals surface area contributed by atoms with E-state index in [1.807, 2.05) is 27.7 Å². The molecule has 2 heteroatoms. The van der Waals surface area contributed by atoms with Crippen LogP contribution in [0.1, 0.15) is 53.9 Å². The van der Waals surface area contributed by atoms with Crippen LogP contribution in [0.15, 0.2) is 0 Å². The molecule has 86 valence electrons. The van der Waals surface area contributed by atoms with Crippen LogP contribution in [0.4, 0.5) is 4.39 Å². The van der Waals surface area contributed by atoms with E-state index >= 15 is 0 Å². The second-order valence-electron chi connectivity index (χ2n) is 3.85. The molecule has 0 amide bonds. The first-order chi connectivity index (χ1) is 6.71. The predicted octanol–water partition coefficient (Wildman–Crippen LogP) is 3.64. The van der Waals surface area contributed by atoms with Gasteiger partial charge in [0.2, 0.25) is 0 Å². The topological polar surface area (TPSA) is 3.24 Å². The van der Waals surface area contributed by atoms with E-state index in [9.17, 15) is 4.39 Å². The van der Waals surface area contributed by atoms with Gasteiger partial charge in [-0.1, -0.05) is 27.7 Å². The molecule has 2 aliphatic rings. The third-order valence-electron chi connectivity index (χ3n) is 2.99. The van der Waals surface area contributed by atoms with Crippen molar-refractivity contribution in [3.05, 3.63) is 0 Å². The largest absolute Gasteiger partial charge is 0.295 e. The highest BCUT2D eigenvalue weighted by molar-refractivity contribution is 5.00. The van der Waals surface area contributed by atoms with Crippen molar-refractivity contribution in [3.63, 3.8) is 0 Å². The molecule has 2 saturated heterocycles. The molecule has 2 heterocycles. The van der Waals surface area contributed by atoms with Crippen molar-refractivity contribution in [2.75, 3.05) is 13.1 Å². The number of fused-ring (bicyclic) bond motifs is 1. The Morgan fingerprint density at radius 2 is 1.79 bits per heavy atom. The van der Waals surface area contributed by atoms with E-state index in [0.717, 1.165) is 13.0 Å². The van der Waals surface area contributed by atoms with Crippen LogP contribution in [0.2, 0.25) is 0 Å². The van der Waals surface area contributed by atoms with E-state index in [2.05, 4.69) is 11.8 Å². The van der Waals surface area contributed by atoms with Gasteiger partial charge < -0.3 is 0 Å². The van der Waals surface area contributed by atoms with Crippen molar-refractivity contribution in [3.8, 4) is 0 Å².